The molecule has 1 aliphatic carbocycles. The molecule has 3 atom stereocenters. The number of carbonyl (C=O) groups excluding carboxylic acids is 1. The Hall–Kier alpha value is -3.06. The van der Waals surface area contributed by atoms with Gasteiger partial charge in [-0.2, -0.15) is 0 Å². The molecule has 34 heavy (non-hydrogen) atoms. The lowest BCUT2D eigenvalue weighted by Gasteiger charge is -2.51. The summed E-state index contributed by atoms with van der Waals surface area (Å²) >= 11 is 0. The molecule has 7 heteroatoms. The van der Waals surface area contributed by atoms with Crippen molar-refractivity contribution >= 4 is 12.0 Å². The van der Waals surface area contributed by atoms with E-state index in [-0.39, 0.29) is 23.5 Å². The summed E-state index contributed by atoms with van der Waals surface area (Å²) in [6, 6.07) is 13.6. The molecule has 0 bridgehead atoms. The molecule has 180 valence electrons. The first-order chi connectivity index (χ1) is 16.2. The number of amides is 2. The van der Waals surface area contributed by atoms with Crippen LogP contribution in [0.1, 0.15) is 55.5 Å². The fourth-order valence-corrected chi connectivity index (χ4v) is 5.61. The number of likely N-dealkylation sites (tertiary alicyclic amines) is 1. The van der Waals surface area contributed by atoms with Crippen LogP contribution < -0.4 is 10.1 Å². The van der Waals surface area contributed by atoms with Crippen molar-refractivity contribution in [2.75, 3.05) is 13.6 Å². The minimum absolute atomic E-state index is 0.0267. The Morgan fingerprint density at radius 1 is 1.09 bits per heavy atom. The van der Waals surface area contributed by atoms with E-state index in [1.807, 2.05) is 36.4 Å². The number of fused-ring (bicyclic) bond motifs is 1. The highest BCUT2D eigenvalue weighted by Gasteiger charge is 2.60. The van der Waals surface area contributed by atoms with Crippen molar-refractivity contribution in [1.82, 2.24) is 10.2 Å². The van der Waals surface area contributed by atoms with E-state index in [1.54, 1.807) is 11.9 Å². The van der Waals surface area contributed by atoms with Crippen LogP contribution >= 0.6 is 0 Å². The van der Waals surface area contributed by atoms with Crippen LogP contribution in [-0.2, 0) is 11.3 Å². The molecule has 2 amide bonds. The first-order valence-electron chi connectivity index (χ1n) is 12.0. The summed E-state index contributed by atoms with van der Waals surface area (Å²) in [6.07, 6.45) is 2.38. The van der Waals surface area contributed by atoms with Gasteiger partial charge in [-0.1, -0.05) is 25.1 Å². The van der Waals surface area contributed by atoms with Crippen molar-refractivity contribution in [2.45, 2.75) is 58.0 Å². The summed E-state index contributed by atoms with van der Waals surface area (Å²) in [5, 5.41) is 12.4. The lowest BCUT2D eigenvalue weighted by molar-refractivity contribution is -0.163. The second kappa shape index (κ2) is 8.31. The van der Waals surface area contributed by atoms with E-state index in [1.165, 1.54) is 0 Å². The van der Waals surface area contributed by atoms with Crippen LogP contribution in [0, 0.1) is 11.3 Å². The number of benzene rings is 2. The fourth-order valence-electron chi connectivity index (χ4n) is 5.61. The van der Waals surface area contributed by atoms with E-state index in [2.05, 4.69) is 25.2 Å². The molecule has 1 saturated carbocycles. The van der Waals surface area contributed by atoms with E-state index >= 15 is 0 Å². The molecule has 2 heterocycles. The second-order valence-electron chi connectivity index (χ2n) is 10.3. The summed E-state index contributed by atoms with van der Waals surface area (Å²) in [4.78, 5) is 25.4. The number of piperidine rings is 1. The smallest absolute Gasteiger partial charge is 0.407 e. The normalized spacial score (nSPS) is 27.3. The van der Waals surface area contributed by atoms with Crippen LogP contribution in [0.3, 0.4) is 0 Å². The third-order valence-corrected chi connectivity index (χ3v) is 8.31. The predicted molar refractivity (Wildman–Crippen MR) is 128 cm³/mol. The van der Waals surface area contributed by atoms with Gasteiger partial charge in [0.1, 0.15) is 5.75 Å². The van der Waals surface area contributed by atoms with Gasteiger partial charge < -0.3 is 24.8 Å². The van der Waals surface area contributed by atoms with Crippen LogP contribution in [0.2, 0.25) is 0 Å². The molecular weight excluding hydrogens is 432 g/mol. The maximum atomic E-state index is 12.0. The SMILES string of the molecule is CNC(=O)c1ccc(-c2ccc3c(c2)COC(C2CCN(C(=O)O)C(C)(C4(C)CC4)C2)O3)cc1. The third kappa shape index (κ3) is 3.82. The van der Waals surface area contributed by atoms with Gasteiger partial charge in [0.05, 0.1) is 6.61 Å². The molecule has 2 aromatic rings. The molecule has 0 aromatic heterocycles. The summed E-state index contributed by atoms with van der Waals surface area (Å²) in [7, 11) is 1.62. The second-order valence-corrected chi connectivity index (χ2v) is 10.3. The maximum absolute atomic E-state index is 12.0. The Morgan fingerprint density at radius 3 is 2.44 bits per heavy atom. The van der Waals surface area contributed by atoms with Crippen molar-refractivity contribution in [2.24, 2.45) is 11.3 Å². The van der Waals surface area contributed by atoms with Crippen molar-refractivity contribution in [3.63, 3.8) is 0 Å². The topological polar surface area (TPSA) is 88.1 Å². The third-order valence-electron chi connectivity index (χ3n) is 8.31. The summed E-state index contributed by atoms with van der Waals surface area (Å²) in [5.74, 6) is 0.857. The standard InChI is InChI=1S/C27H32N2O5/c1-26(11-12-26)27(2)15-20(10-13-29(27)25(31)32)24-33-16-21-14-19(8-9-22(21)34-24)17-4-6-18(7-5-17)23(30)28-3/h4-9,14,20,24H,10-13,15-16H2,1-3H3,(H,28,30)(H,31,32). The lowest BCUT2D eigenvalue weighted by atomic mass is 9.71. The maximum Gasteiger partial charge on any atom is 0.407 e. The number of hydrogen-bond donors (Lipinski definition) is 2. The largest absolute Gasteiger partial charge is 0.465 e. The number of nitrogens with one attached hydrogen (secondary N) is 1. The number of carbonyl (C=O) groups is 2. The molecule has 2 aliphatic heterocycles. The Bertz CT molecular complexity index is 1110. The van der Waals surface area contributed by atoms with Gasteiger partial charge in [0, 0.05) is 36.2 Å². The van der Waals surface area contributed by atoms with Gasteiger partial charge in [-0.15, -0.1) is 0 Å². The van der Waals surface area contributed by atoms with Crippen LogP contribution in [0.4, 0.5) is 4.79 Å². The number of nitrogens with zero attached hydrogens (tertiary/aromatic N) is 1. The first-order valence-corrected chi connectivity index (χ1v) is 12.0. The quantitative estimate of drug-likeness (QED) is 0.672. The number of hydrogen-bond acceptors (Lipinski definition) is 4. The van der Waals surface area contributed by atoms with E-state index in [0.717, 1.165) is 48.1 Å². The van der Waals surface area contributed by atoms with Crippen LogP contribution in [0.5, 0.6) is 5.75 Å². The molecule has 2 fully saturated rings. The molecule has 2 N–H and O–H groups in total. The van der Waals surface area contributed by atoms with E-state index in [0.29, 0.717) is 18.7 Å². The van der Waals surface area contributed by atoms with Crippen molar-refractivity contribution in [3.8, 4) is 16.9 Å². The Kier molecular flexibility index (Phi) is 5.55. The van der Waals surface area contributed by atoms with E-state index in [4.69, 9.17) is 9.47 Å². The molecule has 2 aromatic carbocycles. The highest BCUT2D eigenvalue weighted by atomic mass is 16.7. The Labute approximate surface area is 200 Å². The predicted octanol–water partition coefficient (Wildman–Crippen LogP) is 4.90. The zero-order valence-corrected chi connectivity index (χ0v) is 20.0. The molecule has 0 radical (unpaired) electrons. The van der Waals surface area contributed by atoms with Crippen LogP contribution in [0.15, 0.2) is 42.5 Å². The van der Waals surface area contributed by atoms with E-state index < -0.39 is 11.6 Å². The fraction of sp³-hybridized carbons (Fsp3) is 0.481. The summed E-state index contributed by atoms with van der Waals surface area (Å²) < 4.78 is 12.5. The van der Waals surface area contributed by atoms with Gasteiger partial charge in [0.2, 0.25) is 6.29 Å². The molecule has 3 unspecified atom stereocenters. The zero-order chi connectivity index (χ0) is 24.1. The van der Waals surface area contributed by atoms with Crippen molar-refractivity contribution in [1.29, 1.82) is 0 Å². The first kappa shape index (κ1) is 22.7. The van der Waals surface area contributed by atoms with Crippen LogP contribution in [0.25, 0.3) is 11.1 Å². The number of carboxylic acid groups (broad SMARTS) is 1. The Balaban J connectivity index is 1.31. The van der Waals surface area contributed by atoms with Gasteiger partial charge >= 0.3 is 6.09 Å². The van der Waals surface area contributed by atoms with Crippen molar-refractivity contribution in [3.05, 3.63) is 53.6 Å². The highest BCUT2D eigenvalue weighted by molar-refractivity contribution is 5.94. The van der Waals surface area contributed by atoms with Crippen LogP contribution in [-0.4, -0.2) is 47.4 Å². The van der Waals surface area contributed by atoms with Gasteiger partial charge in [0.15, 0.2) is 0 Å². The average molecular weight is 465 g/mol. The summed E-state index contributed by atoms with van der Waals surface area (Å²) in [5.41, 5.74) is 3.30. The van der Waals surface area contributed by atoms with E-state index in [9.17, 15) is 14.7 Å². The molecule has 0 spiro atoms. The zero-order valence-electron chi connectivity index (χ0n) is 20.0. The van der Waals surface area contributed by atoms with Gasteiger partial charge in [-0.05, 0) is 73.4 Å². The van der Waals surface area contributed by atoms with Gasteiger partial charge in [0.25, 0.3) is 5.91 Å². The number of rotatable bonds is 4. The molecular formula is C27H32N2O5. The molecule has 1 saturated heterocycles. The summed E-state index contributed by atoms with van der Waals surface area (Å²) in [6.45, 7) is 5.26. The number of ether oxygens (including phenoxy) is 2. The monoisotopic (exact) mass is 464 g/mol. The van der Waals surface area contributed by atoms with Gasteiger partial charge in [-0.3, -0.25) is 4.79 Å². The lowest BCUT2D eigenvalue weighted by Crippen LogP contribution is -2.60. The Morgan fingerprint density at radius 2 is 1.79 bits per heavy atom. The molecule has 3 aliphatic rings. The average Bonchev–Trinajstić information content (AvgIpc) is 3.62. The minimum Gasteiger partial charge on any atom is -0.465 e. The van der Waals surface area contributed by atoms with Gasteiger partial charge in [-0.25, -0.2) is 4.79 Å². The molecule has 5 rings (SSSR count). The molecule has 7 nitrogen and oxygen atoms in total. The highest BCUT2D eigenvalue weighted by Crippen LogP contribution is 2.60. The van der Waals surface area contributed by atoms with Crippen molar-refractivity contribution < 1.29 is 24.2 Å². The minimum atomic E-state index is -0.833.